The fourth-order valence-corrected chi connectivity index (χ4v) is 2.39. The van der Waals surface area contributed by atoms with Gasteiger partial charge in [0.2, 0.25) is 0 Å². The molecule has 2 N–H and O–H groups in total. The molecule has 2 aromatic rings. The van der Waals surface area contributed by atoms with Crippen molar-refractivity contribution in [2.24, 2.45) is 12.0 Å². The van der Waals surface area contributed by atoms with Crippen LogP contribution >= 0.6 is 24.0 Å². The number of guanidine groups is 1. The molecule has 1 aromatic carbocycles. The molecule has 1 heterocycles. The first-order valence-electron chi connectivity index (χ1n) is 7.77. The van der Waals surface area contributed by atoms with Crippen LogP contribution in [0.25, 0.3) is 0 Å². The molecule has 0 radical (unpaired) electrons. The van der Waals surface area contributed by atoms with Crippen LogP contribution in [-0.4, -0.2) is 22.3 Å². The summed E-state index contributed by atoms with van der Waals surface area (Å²) in [5.41, 5.74) is 4.16. The smallest absolute Gasteiger partial charge is 0.191 e. The SMILES string of the molecule is CCNC(=NCc1cccc(F)c1)NCc1c(C)nn(C)c1C.I. The lowest BCUT2D eigenvalue weighted by Crippen LogP contribution is -2.37. The summed E-state index contributed by atoms with van der Waals surface area (Å²) in [5.74, 6) is 0.469. The first-order valence-corrected chi connectivity index (χ1v) is 7.77. The number of halogens is 2. The molecular formula is C17H25FIN5. The molecule has 0 bridgehead atoms. The maximum absolute atomic E-state index is 13.2. The molecule has 0 aliphatic rings. The van der Waals surface area contributed by atoms with Crippen LogP contribution in [0.15, 0.2) is 29.3 Å². The number of nitrogens with one attached hydrogen (secondary N) is 2. The minimum Gasteiger partial charge on any atom is -0.357 e. The highest BCUT2D eigenvalue weighted by molar-refractivity contribution is 14.0. The summed E-state index contributed by atoms with van der Waals surface area (Å²) in [5, 5.41) is 10.9. The quantitative estimate of drug-likeness (QED) is 0.423. The van der Waals surface area contributed by atoms with Crippen molar-refractivity contribution in [1.29, 1.82) is 0 Å². The zero-order valence-electron chi connectivity index (χ0n) is 14.6. The zero-order chi connectivity index (χ0) is 16.8. The third-order valence-electron chi connectivity index (χ3n) is 3.74. The van der Waals surface area contributed by atoms with Gasteiger partial charge in [-0.25, -0.2) is 9.38 Å². The van der Waals surface area contributed by atoms with E-state index in [9.17, 15) is 4.39 Å². The first kappa shape index (κ1) is 20.4. The van der Waals surface area contributed by atoms with Crippen molar-refractivity contribution < 1.29 is 4.39 Å². The van der Waals surface area contributed by atoms with Crippen LogP contribution < -0.4 is 10.6 Å². The zero-order valence-corrected chi connectivity index (χ0v) is 16.9. The number of aliphatic imine (C=N–C) groups is 1. The number of nitrogens with zero attached hydrogens (tertiary/aromatic N) is 3. The minimum atomic E-state index is -0.239. The molecule has 2 rings (SSSR count). The predicted octanol–water partition coefficient (Wildman–Crippen LogP) is 3.05. The Morgan fingerprint density at radius 3 is 2.62 bits per heavy atom. The lowest BCUT2D eigenvalue weighted by molar-refractivity contribution is 0.625. The van der Waals surface area contributed by atoms with Crippen molar-refractivity contribution in [2.45, 2.75) is 33.9 Å². The van der Waals surface area contributed by atoms with Gasteiger partial charge < -0.3 is 10.6 Å². The molecule has 132 valence electrons. The molecule has 0 spiro atoms. The molecule has 24 heavy (non-hydrogen) atoms. The Bertz CT molecular complexity index is 696. The van der Waals surface area contributed by atoms with Gasteiger partial charge in [0.1, 0.15) is 5.82 Å². The Morgan fingerprint density at radius 1 is 1.29 bits per heavy atom. The first-order chi connectivity index (χ1) is 11.0. The summed E-state index contributed by atoms with van der Waals surface area (Å²) in [6.45, 7) is 7.91. The molecule has 0 unspecified atom stereocenters. The van der Waals surface area contributed by atoms with Crippen LogP contribution in [0.2, 0.25) is 0 Å². The number of hydrogen-bond acceptors (Lipinski definition) is 2. The van der Waals surface area contributed by atoms with E-state index in [0.29, 0.717) is 19.0 Å². The van der Waals surface area contributed by atoms with Gasteiger partial charge in [-0.15, -0.1) is 24.0 Å². The van der Waals surface area contributed by atoms with Crippen molar-refractivity contribution in [1.82, 2.24) is 20.4 Å². The predicted molar refractivity (Wildman–Crippen MR) is 106 cm³/mol. The summed E-state index contributed by atoms with van der Waals surface area (Å²) >= 11 is 0. The average molecular weight is 445 g/mol. The molecule has 0 aliphatic heterocycles. The molecule has 0 fully saturated rings. The lowest BCUT2D eigenvalue weighted by Gasteiger charge is -2.11. The maximum Gasteiger partial charge on any atom is 0.191 e. The van der Waals surface area contributed by atoms with E-state index in [1.165, 1.54) is 17.7 Å². The van der Waals surface area contributed by atoms with E-state index in [4.69, 9.17) is 0 Å². The number of benzene rings is 1. The van der Waals surface area contributed by atoms with E-state index in [1.54, 1.807) is 6.07 Å². The van der Waals surface area contributed by atoms with E-state index >= 15 is 0 Å². The fraction of sp³-hybridized carbons (Fsp3) is 0.412. The Kier molecular flexibility index (Phi) is 8.17. The van der Waals surface area contributed by atoms with Gasteiger partial charge in [0.15, 0.2) is 5.96 Å². The molecule has 0 atom stereocenters. The second-order valence-corrected chi connectivity index (χ2v) is 5.45. The summed E-state index contributed by atoms with van der Waals surface area (Å²) in [6, 6.07) is 6.50. The Balaban J connectivity index is 0.00000288. The molecule has 0 saturated carbocycles. The summed E-state index contributed by atoms with van der Waals surface area (Å²) in [7, 11) is 1.94. The van der Waals surface area contributed by atoms with Crippen LogP contribution in [0.3, 0.4) is 0 Å². The second kappa shape index (κ2) is 9.61. The normalized spacial score (nSPS) is 11.1. The topological polar surface area (TPSA) is 54.2 Å². The Labute approximate surface area is 159 Å². The third kappa shape index (κ3) is 5.47. The Hall–Kier alpha value is -1.64. The summed E-state index contributed by atoms with van der Waals surface area (Å²) in [4.78, 5) is 4.51. The van der Waals surface area contributed by atoms with E-state index < -0.39 is 0 Å². The van der Waals surface area contributed by atoms with Gasteiger partial charge in [0.25, 0.3) is 0 Å². The number of aryl methyl sites for hydroxylation is 2. The van der Waals surface area contributed by atoms with Crippen molar-refractivity contribution in [3.63, 3.8) is 0 Å². The number of hydrogen-bond donors (Lipinski definition) is 2. The molecule has 0 amide bonds. The largest absolute Gasteiger partial charge is 0.357 e. The van der Waals surface area contributed by atoms with E-state index in [1.807, 2.05) is 38.6 Å². The van der Waals surface area contributed by atoms with Gasteiger partial charge in [-0.3, -0.25) is 4.68 Å². The highest BCUT2D eigenvalue weighted by Crippen LogP contribution is 2.11. The highest BCUT2D eigenvalue weighted by Gasteiger charge is 2.09. The monoisotopic (exact) mass is 445 g/mol. The summed E-state index contributed by atoms with van der Waals surface area (Å²) < 4.78 is 15.1. The van der Waals surface area contributed by atoms with Crippen molar-refractivity contribution in [2.75, 3.05) is 6.54 Å². The van der Waals surface area contributed by atoms with Crippen molar-refractivity contribution in [3.05, 3.63) is 52.6 Å². The Morgan fingerprint density at radius 2 is 2.04 bits per heavy atom. The van der Waals surface area contributed by atoms with Crippen LogP contribution in [0.4, 0.5) is 4.39 Å². The maximum atomic E-state index is 13.2. The van der Waals surface area contributed by atoms with E-state index in [0.717, 1.165) is 23.5 Å². The van der Waals surface area contributed by atoms with E-state index in [-0.39, 0.29) is 29.8 Å². The molecule has 5 nitrogen and oxygen atoms in total. The molecule has 7 heteroatoms. The van der Waals surface area contributed by atoms with Crippen LogP contribution in [0.5, 0.6) is 0 Å². The van der Waals surface area contributed by atoms with Crippen LogP contribution in [0.1, 0.15) is 29.4 Å². The highest BCUT2D eigenvalue weighted by atomic mass is 127. The van der Waals surface area contributed by atoms with Crippen molar-refractivity contribution in [3.8, 4) is 0 Å². The van der Waals surface area contributed by atoms with Crippen LogP contribution in [-0.2, 0) is 20.1 Å². The molecular weight excluding hydrogens is 420 g/mol. The lowest BCUT2D eigenvalue weighted by atomic mass is 10.2. The van der Waals surface area contributed by atoms with Crippen molar-refractivity contribution >= 4 is 29.9 Å². The molecule has 0 saturated heterocycles. The fourth-order valence-electron chi connectivity index (χ4n) is 2.39. The van der Waals surface area contributed by atoms with Crippen LogP contribution in [0, 0.1) is 19.7 Å². The van der Waals surface area contributed by atoms with Gasteiger partial charge in [0, 0.05) is 31.4 Å². The standard InChI is InChI=1S/C17H24FN5.HI/c1-5-19-17(20-10-14-7-6-8-15(18)9-14)21-11-16-12(2)22-23(4)13(16)3;/h6-9H,5,10-11H2,1-4H3,(H2,19,20,21);1H. The van der Waals surface area contributed by atoms with E-state index in [2.05, 4.69) is 20.7 Å². The van der Waals surface area contributed by atoms with Gasteiger partial charge in [0.05, 0.1) is 12.2 Å². The number of aromatic nitrogens is 2. The molecule has 1 aromatic heterocycles. The summed E-state index contributed by atoms with van der Waals surface area (Å²) in [6.07, 6.45) is 0. The van der Waals surface area contributed by atoms with Gasteiger partial charge in [-0.2, -0.15) is 5.10 Å². The van der Waals surface area contributed by atoms with Gasteiger partial charge >= 0.3 is 0 Å². The minimum absolute atomic E-state index is 0. The second-order valence-electron chi connectivity index (χ2n) is 5.45. The third-order valence-corrected chi connectivity index (χ3v) is 3.74. The number of rotatable bonds is 5. The average Bonchev–Trinajstić information content (AvgIpc) is 2.75. The van der Waals surface area contributed by atoms with Gasteiger partial charge in [-0.05, 0) is 38.5 Å². The van der Waals surface area contributed by atoms with Gasteiger partial charge in [-0.1, -0.05) is 12.1 Å². The molecule has 0 aliphatic carbocycles.